The van der Waals surface area contributed by atoms with Gasteiger partial charge in [0, 0.05) is 37.8 Å². The van der Waals surface area contributed by atoms with Crippen molar-refractivity contribution in [2.45, 2.75) is 46.2 Å². The van der Waals surface area contributed by atoms with Crippen LogP contribution in [0.2, 0.25) is 0 Å². The Hall–Kier alpha value is -1.69. The van der Waals surface area contributed by atoms with Crippen LogP contribution in [0.4, 0.5) is 0 Å². The zero-order chi connectivity index (χ0) is 15.2. The zero-order valence-corrected chi connectivity index (χ0v) is 13.5. The number of hydrogen-bond donors (Lipinski definition) is 1. The first-order valence-electron chi connectivity index (χ1n) is 7.68. The van der Waals surface area contributed by atoms with Gasteiger partial charge in [0.05, 0.1) is 6.20 Å². The van der Waals surface area contributed by atoms with E-state index in [1.54, 1.807) is 6.33 Å². The van der Waals surface area contributed by atoms with Crippen LogP contribution in [0.5, 0.6) is 0 Å². The van der Waals surface area contributed by atoms with Gasteiger partial charge < -0.3 is 5.32 Å². The quantitative estimate of drug-likeness (QED) is 0.807. The molecule has 1 N–H and O–H groups in total. The molecule has 0 saturated carbocycles. The molecule has 21 heavy (non-hydrogen) atoms. The molecule has 0 aliphatic carbocycles. The summed E-state index contributed by atoms with van der Waals surface area (Å²) >= 11 is 0. The van der Waals surface area contributed by atoms with E-state index in [9.17, 15) is 0 Å². The van der Waals surface area contributed by atoms with E-state index in [2.05, 4.69) is 47.5 Å². The SMILES string of the molecule is CCCNC(Cc1ncnn1CC(C)C)c1cnn(C)c1. The fourth-order valence-electron chi connectivity index (χ4n) is 2.37. The molecule has 6 heteroatoms. The van der Waals surface area contributed by atoms with Gasteiger partial charge in [-0.25, -0.2) is 9.67 Å². The summed E-state index contributed by atoms with van der Waals surface area (Å²) in [6, 6.07) is 0.230. The molecule has 0 aromatic carbocycles. The van der Waals surface area contributed by atoms with Gasteiger partial charge in [-0.05, 0) is 18.9 Å². The lowest BCUT2D eigenvalue weighted by molar-refractivity contribution is 0.444. The minimum atomic E-state index is 0.230. The second-order valence-corrected chi connectivity index (χ2v) is 5.91. The molecule has 0 saturated heterocycles. The van der Waals surface area contributed by atoms with E-state index < -0.39 is 0 Å². The Morgan fingerprint density at radius 3 is 2.71 bits per heavy atom. The normalized spacial score (nSPS) is 13.0. The molecule has 1 atom stereocenters. The molecule has 1 unspecified atom stereocenters. The maximum atomic E-state index is 4.43. The van der Waals surface area contributed by atoms with Crippen LogP contribution < -0.4 is 5.32 Å². The molecule has 116 valence electrons. The van der Waals surface area contributed by atoms with Gasteiger partial charge in [0.1, 0.15) is 12.2 Å². The van der Waals surface area contributed by atoms with Crippen molar-refractivity contribution in [1.29, 1.82) is 0 Å². The van der Waals surface area contributed by atoms with Crippen molar-refractivity contribution in [3.05, 3.63) is 30.1 Å². The third-order valence-corrected chi connectivity index (χ3v) is 3.39. The highest BCUT2D eigenvalue weighted by atomic mass is 15.3. The van der Waals surface area contributed by atoms with Crippen molar-refractivity contribution < 1.29 is 0 Å². The third-order valence-electron chi connectivity index (χ3n) is 3.39. The lowest BCUT2D eigenvalue weighted by Crippen LogP contribution is -2.25. The molecule has 2 heterocycles. The van der Waals surface area contributed by atoms with Crippen LogP contribution in [0.25, 0.3) is 0 Å². The summed E-state index contributed by atoms with van der Waals surface area (Å²) in [6.07, 6.45) is 7.58. The summed E-state index contributed by atoms with van der Waals surface area (Å²) in [6.45, 7) is 8.45. The van der Waals surface area contributed by atoms with Gasteiger partial charge in [0.15, 0.2) is 0 Å². The number of nitrogens with one attached hydrogen (secondary N) is 1. The van der Waals surface area contributed by atoms with Gasteiger partial charge in [0.25, 0.3) is 0 Å². The molecule has 0 fully saturated rings. The van der Waals surface area contributed by atoms with Gasteiger partial charge in [-0.2, -0.15) is 10.2 Å². The minimum Gasteiger partial charge on any atom is -0.309 e. The van der Waals surface area contributed by atoms with Crippen LogP contribution in [-0.4, -0.2) is 31.1 Å². The van der Waals surface area contributed by atoms with Crippen molar-refractivity contribution >= 4 is 0 Å². The van der Waals surface area contributed by atoms with Crippen LogP contribution in [-0.2, 0) is 20.0 Å². The topological polar surface area (TPSA) is 60.6 Å². The molecular weight excluding hydrogens is 264 g/mol. The molecule has 0 amide bonds. The smallest absolute Gasteiger partial charge is 0.138 e. The van der Waals surface area contributed by atoms with E-state index in [1.165, 1.54) is 5.56 Å². The number of hydrogen-bond acceptors (Lipinski definition) is 4. The Morgan fingerprint density at radius 1 is 1.29 bits per heavy atom. The van der Waals surface area contributed by atoms with E-state index in [0.29, 0.717) is 5.92 Å². The molecular formula is C15H26N6. The summed E-state index contributed by atoms with van der Waals surface area (Å²) in [4.78, 5) is 4.43. The van der Waals surface area contributed by atoms with E-state index in [4.69, 9.17) is 0 Å². The third kappa shape index (κ3) is 4.39. The van der Waals surface area contributed by atoms with Gasteiger partial charge in [-0.1, -0.05) is 20.8 Å². The van der Waals surface area contributed by atoms with E-state index in [-0.39, 0.29) is 6.04 Å². The molecule has 2 aromatic rings. The average Bonchev–Trinajstić information content (AvgIpc) is 3.03. The molecule has 2 rings (SSSR count). The largest absolute Gasteiger partial charge is 0.309 e. The van der Waals surface area contributed by atoms with Crippen LogP contribution >= 0.6 is 0 Å². The molecule has 0 bridgehead atoms. The Bertz CT molecular complexity index is 542. The number of aryl methyl sites for hydroxylation is 1. The molecule has 0 aliphatic rings. The lowest BCUT2D eigenvalue weighted by Gasteiger charge is -2.17. The van der Waals surface area contributed by atoms with Crippen molar-refractivity contribution in [3.63, 3.8) is 0 Å². The second kappa shape index (κ2) is 7.36. The van der Waals surface area contributed by atoms with E-state index >= 15 is 0 Å². The van der Waals surface area contributed by atoms with Crippen LogP contribution in [0.15, 0.2) is 18.7 Å². The van der Waals surface area contributed by atoms with Gasteiger partial charge in [-0.3, -0.25) is 4.68 Å². The maximum absolute atomic E-state index is 4.43. The average molecular weight is 290 g/mol. The zero-order valence-electron chi connectivity index (χ0n) is 13.5. The first-order valence-corrected chi connectivity index (χ1v) is 7.68. The lowest BCUT2D eigenvalue weighted by atomic mass is 10.1. The first-order chi connectivity index (χ1) is 10.1. The highest BCUT2D eigenvalue weighted by molar-refractivity contribution is 5.12. The van der Waals surface area contributed by atoms with E-state index in [0.717, 1.165) is 31.8 Å². The standard InChI is InChI=1S/C15H26N6/c1-5-6-16-14(13-8-18-20(4)10-13)7-15-17-11-19-21(15)9-12(2)3/h8,10-12,14,16H,5-7,9H2,1-4H3. The van der Waals surface area contributed by atoms with Crippen LogP contribution in [0.3, 0.4) is 0 Å². The fraction of sp³-hybridized carbons (Fsp3) is 0.667. The first kappa shape index (κ1) is 15.7. The molecule has 0 radical (unpaired) electrons. The minimum absolute atomic E-state index is 0.230. The van der Waals surface area contributed by atoms with Crippen LogP contribution in [0, 0.1) is 5.92 Å². The maximum Gasteiger partial charge on any atom is 0.138 e. The summed E-state index contributed by atoms with van der Waals surface area (Å²) in [5, 5.41) is 12.2. The Kier molecular flexibility index (Phi) is 5.50. The summed E-state index contributed by atoms with van der Waals surface area (Å²) in [5.74, 6) is 1.59. The molecule has 0 spiro atoms. The number of rotatable bonds is 8. The van der Waals surface area contributed by atoms with Gasteiger partial charge in [-0.15, -0.1) is 0 Å². The van der Waals surface area contributed by atoms with Gasteiger partial charge in [0.2, 0.25) is 0 Å². The second-order valence-electron chi connectivity index (χ2n) is 5.91. The monoisotopic (exact) mass is 290 g/mol. The number of nitrogens with zero attached hydrogens (tertiary/aromatic N) is 5. The van der Waals surface area contributed by atoms with Crippen molar-refractivity contribution in [1.82, 2.24) is 29.9 Å². The molecule has 0 aliphatic heterocycles. The molecule has 6 nitrogen and oxygen atoms in total. The van der Waals surface area contributed by atoms with Crippen molar-refractivity contribution in [2.75, 3.05) is 6.54 Å². The fourth-order valence-corrected chi connectivity index (χ4v) is 2.37. The Morgan fingerprint density at radius 2 is 2.10 bits per heavy atom. The van der Waals surface area contributed by atoms with E-state index in [1.807, 2.05) is 22.6 Å². The highest BCUT2D eigenvalue weighted by Gasteiger charge is 2.17. The molecule has 2 aromatic heterocycles. The van der Waals surface area contributed by atoms with Crippen molar-refractivity contribution in [2.24, 2.45) is 13.0 Å². The number of aromatic nitrogens is 5. The van der Waals surface area contributed by atoms with Crippen molar-refractivity contribution in [3.8, 4) is 0 Å². The Labute approximate surface area is 126 Å². The summed E-state index contributed by atoms with van der Waals surface area (Å²) in [5.41, 5.74) is 1.20. The summed E-state index contributed by atoms with van der Waals surface area (Å²) < 4.78 is 3.86. The predicted octanol–water partition coefficient (Wildman–Crippen LogP) is 1.95. The predicted molar refractivity (Wildman–Crippen MR) is 82.8 cm³/mol. The summed E-state index contributed by atoms with van der Waals surface area (Å²) in [7, 11) is 1.95. The highest BCUT2D eigenvalue weighted by Crippen LogP contribution is 2.17. The van der Waals surface area contributed by atoms with Crippen LogP contribution in [0.1, 0.15) is 44.6 Å². The Balaban J connectivity index is 2.13. The van der Waals surface area contributed by atoms with Gasteiger partial charge >= 0.3 is 0 Å².